The van der Waals surface area contributed by atoms with E-state index in [4.69, 9.17) is 0 Å². The minimum atomic E-state index is -0.352. The molecule has 0 aliphatic carbocycles. The van der Waals surface area contributed by atoms with Gasteiger partial charge in [-0.1, -0.05) is 13.8 Å². The monoisotopic (exact) mass is 317 g/mol. The second-order valence-corrected chi connectivity index (χ2v) is 5.75. The summed E-state index contributed by atoms with van der Waals surface area (Å²) in [4.78, 5) is 23.7. The topological polar surface area (TPSA) is 64.0 Å². The van der Waals surface area contributed by atoms with Crippen molar-refractivity contribution >= 4 is 5.91 Å². The van der Waals surface area contributed by atoms with E-state index in [1.54, 1.807) is 18.2 Å². The highest BCUT2D eigenvalue weighted by Crippen LogP contribution is 2.15. The minimum absolute atomic E-state index is 0.133. The summed E-state index contributed by atoms with van der Waals surface area (Å²) < 4.78 is 14.1. The molecule has 6 heteroatoms. The lowest BCUT2D eigenvalue weighted by Crippen LogP contribution is -2.34. The van der Waals surface area contributed by atoms with Crippen LogP contribution in [0.2, 0.25) is 0 Å². The Morgan fingerprint density at radius 2 is 1.91 bits per heavy atom. The molecule has 0 atom stereocenters. The summed E-state index contributed by atoms with van der Waals surface area (Å²) in [7, 11) is 0. The van der Waals surface area contributed by atoms with Crippen molar-refractivity contribution in [3.05, 3.63) is 52.6 Å². The van der Waals surface area contributed by atoms with Crippen LogP contribution in [-0.4, -0.2) is 22.2 Å². The zero-order valence-corrected chi connectivity index (χ0v) is 13.3. The Bertz CT molecular complexity index is 723. The van der Waals surface area contributed by atoms with Crippen LogP contribution in [0.15, 0.2) is 41.2 Å². The van der Waals surface area contributed by atoms with Gasteiger partial charge in [0.05, 0.1) is 5.69 Å². The summed E-state index contributed by atoms with van der Waals surface area (Å²) >= 11 is 0. The van der Waals surface area contributed by atoms with Gasteiger partial charge in [0.1, 0.15) is 12.4 Å². The standard InChI is InChI=1S/C17H20FN3O2/c1-12(2)9-10-19-16(22)11-21-17(23)8-7-15(20-21)13-3-5-14(18)6-4-13/h3-8,12H,9-11H2,1-2H3,(H,19,22). The average molecular weight is 317 g/mol. The molecular formula is C17H20FN3O2. The molecule has 1 aromatic heterocycles. The normalized spacial score (nSPS) is 10.8. The maximum atomic E-state index is 13.0. The Hall–Kier alpha value is -2.50. The Kier molecular flexibility index (Phi) is 5.62. The minimum Gasteiger partial charge on any atom is -0.354 e. The van der Waals surface area contributed by atoms with E-state index < -0.39 is 0 Å². The van der Waals surface area contributed by atoms with Crippen molar-refractivity contribution < 1.29 is 9.18 Å². The maximum absolute atomic E-state index is 13.0. The molecule has 0 fully saturated rings. The largest absolute Gasteiger partial charge is 0.354 e. The number of carbonyl (C=O) groups excluding carboxylic acids is 1. The van der Waals surface area contributed by atoms with Crippen molar-refractivity contribution in [3.63, 3.8) is 0 Å². The van der Waals surface area contributed by atoms with Crippen molar-refractivity contribution in [2.75, 3.05) is 6.54 Å². The third-order valence-electron chi connectivity index (χ3n) is 3.34. The highest BCUT2D eigenvalue weighted by atomic mass is 19.1. The number of halogens is 1. The van der Waals surface area contributed by atoms with Gasteiger partial charge in [0.2, 0.25) is 5.91 Å². The van der Waals surface area contributed by atoms with Crippen molar-refractivity contribution in [2.24, 2.45) is 5.92 Å². The van der Waals surface area contributed by atoms with Crippen LogP contribution < -0.4 is 10.9 Å². The molecule has 1 N–H and O–H groups in total. The van der Waals surface area contributed by atoms with E-state index in [0.29, 0.717) is 23.7 Å². The zero-order valence-electron chi connectivity index (χ0n) is 13.3. The van der Waals surface area contributed by atoms with Crippen LogP contribution in [0.25, 0.3) is 11.3 Å². The molecule has 1 heterocycles. The molecular weight excluding hydrogens is 297 g/mol. The van der Waals surface area contributed by atoms with Crippen molar-refractivity contribution in [2.45, 2.75) is 26.8 Å². The Balaban J connectivity index is 2.10. The van der Waals surface area contributed by atoms with E-state index in [-0.39, 0.29) is 23.8 Å². The number of amides is 1. The number of hydrogen-bond acceptors (Lipinski definition) is 3. The first-order chi connectivity index (χ1) is 11.0. The maximum Gasteiger partial charge on any atom is 0.267 e. The zero-order chi connectivity index (χ0) is 16.8. The highest BCUT2D eigenvalue weighted by molar-refractivity contribution is 5.75. The van der Waals surface area contributed by atoms with E-state index in [1.807, 2.05) is 0 Å². The summed E-state index contributed by atoms with van der Waals surface area (Å²) in [6.07, 6.45) is 0.879. The van der Waals surface area contributed by atoms with Gasteiger partial charge in [0, 0.05) is 18.2 Å². The molecule has 0 bridgehead atoms. The molecule has 0 spiro atoms. The molecule has 0 radical (unpaired) electrons. The third kappa shape index (κ3) is 5.02. The van der Waals surface area contributed by atoms with E-state index in [0.717, 1.165) is 11.1 Å². The van der Waals surface area contributed by atoms with Crippen LogP contribution in [0.1, 0.15) is 20.3 Å². The van der Waals surface area contributed by atoms with Gasteiger partial charge in [-0.2, -0.15) is 5.10 Å². The van der Waals surface area contributed by atoms with E-state index in [1.165, 1.54) is 18.2 Å². The van der Waals surface area contributed by atoms with Gasteiger partial charge < -0.3 is 5.32 Å². The molecule has 0 saturated heterocycles. The molecule has 1 amide bonds. The first-order valence-electron chi connectivity index (χ1n) is 7.56. The highest BCUT2D eigenvalue weighted by Gasteiger charge is 2.08. The summed E-state index contributed by atoms with van der Waals surface area (Å²) in [5, 5.41) is 6.94. The van der Waals surface area contributed by atoms with Gasteiger partial charge in [-0.25, -0.2) is 9.07 Å². The van der Waals surface area contributed by atoms with E-state index in [9.17, 15) is 14.0 Å². The van der Waals surface area contributed by atoms with Crippen LogP contribution >= 0.6 is 0 Å². The van der Waals surface area contributed by atoms with Crippen molar-refractivity contribution in [1.82, 2.24) is 15.1 Å². The predicted octanol–water partition coefficient (Wildman–Crippen LogP) is 2.21. The molecule has 0 unspecified atom stereocenters. The Labute approximate surface area is 134 Å². The number of hydrogen-bond donors (Lipinski definition) is 1. The molecule has 2 aromatic rings. The number of nitrogens with one attached hydrogen (secondary N) is 1. The molecule has 0 saturated carbocycles. The van der Waals surface area contributed by atoms with Crippen LogP contribution in [-0.2, 0) is 11.3 Å². The van der Waals surface area contributed by atoms with Crippen LogP contribution in [0.3, 0.4) is 0 Å². The van der Waals surface area contributed by atoms with Crippen molar-refractivity contribution in [3.8, 4) is 11.3 Å². The summed E-state index contributed by atoms with van der Waals surface area (Å²) in [5.74, 6) is -0.0962. The van der Waals surface area contributed by atoms with E-state index >= 15 is 0 Å². The molecule has 2 rings (SSSR count). The second-order valence-electron chi connectivity index (χ2n) is 5.75. The number of carbonyl (C=O) groups is 1. The average Bonchev–Trinajstić information content (AvgIpc) is 2.50. The first-order valence-corrected chi connectivity index (χ1v) is 7.56. The van der Waals surface area contributed by atoms with Gasteiger partial charge in [-0.05, 0) is 42.7 Å². The van der Waals surface area contributed by atoms with Crippen LogP contribution in [0.4, 0.5) is 4.39 Å². The van der Waals surface area contributed by atoms with Crippen LogP contribution in [0.5, 0.6) is 0 Å². The molecule has 23 heavy (non-hydrogen) atoms. The lowest BCUT2D eigenvalue weighted by molar-refractivity contribution is -0.121. The molecule has 0 aliphatic rings. The second kappa shape index (κ2) is 7.67. The van der Waals surface area contributed by atoms with Gasteiger partial charge in [0.15, 0.2) is 0 Å². The molecule has 5 nitrogen and oxygen atoms in total. The fourth-order valence-electron chi connectivity index (χ4n) is 2.03. The molecule has 122 valence electrons. The first kappa shape index (κ1) is 16.9. The predicted molar refractivity (Wildman–Crippen MR) is 86.4 cm³/mol. The van der Waals surface area contributed by atoms with E-state index in [2.05, 4.69) is 24.3 Å². The van der Waals surface area contributed by atoms with Crippen LogP contribution in [0, 0.1) is 11.7 Å². The summed E-state index contributed by atoms with van der Waals surface area (Å²) in [6.45, 7) is 4.59. The lowest BCUT2D eigenvalue weighted by atomic mass is 10.1. The lowest BCUT2D eigenvalue weighted by Gasteiger charge is -2.09. The smallest absolute Gasteiger partial charge is 0.267 e. The van der Waals surface area contributed by atoms with Gasteiger partial charge in [0.25, 0.3) is 5.56 Å². The third-order valence-corrected chi connectivity index (χ3v) is 3.34. The number of benzene rings is 1. The summed E-state index contributed by atoms with van der Waals surface area (Å²) in [5.41, 5.74) is 0.842. The Morgan fingerprint density at radius 1 is 1.22 bits per heavy atom. The molecule has 1 aromatic carbocycles. The number of aromatic nitrogens is 2. The SMILES string of the molecule is CC(C)CCNC(=O)Cn1nc(-c2ccc(F)cc2)ccc1=O. The number of rotatable bonds is 6. The number of nitrogens with zero attached hydrogens (tertiary/aromatic N) is 2. The van der Waals surface area contributed by atoms with Gasteiger partial charge >= 0.3 is 0 Å². The van der Waals surface area contributed by atoms with Gasteiger partial charge in [-0.3, -0.25) is 9.59 Å². The van der Waals surface area contributed by atoms with Crippen molar-refractivity contribution in [1.29, 1.82) is 0 Å². The molecule has 0 aliphatic heterocycles. The summed E-state index contributed by atoms with van der Waals surface area (Å²) in [6, 6.07) is 8.72. The van der Waals surface area contributed by atoms with Gasteiger partial charge in [-0.15, -0.1) is 0 Å². The quantitative estimate of drug-likeness (QED) is 0.888. The Morgan fingerprint density at radius 3 is 2.57 bits per heavy atom. The fourth-order valence-corrected chi connectivity index (χ4v) is 2.03. The fraction of sp³-hybridized carbons (Fsp3) is 0.353.